The predicted molar refractivity (Wildman–Crippen MR) is 113 cm³/mol. The molecule has 0 saturated carbocycles. The number of ether oxygens (including phenoxy) is 1. The van der Waals surface area contributed by atoms with E-state index in [1.165, 1.54) is 6.07 Å². The van der Waals surface area contributed by atoms with Crippen LogP contribution in [0, 0.1) is 0 Å². The highest BCUT2D eigenvalue weighted by Gasteiger charge is 2.13. The van der Waals surface area contributed by atoms with Crippen molar-refractivity contribution in [1.29, 1.82) is 0 Å². The average molecular weight is 420 g/mol. The first-order valence-corrected chi connectivity index (χ1v) is 9.66. The van der Waals surface area contributed by atoms with Crippen LogP contribution >= 0.6 is 11.6 Å². The summed E-state index contributed by atoms with van der Waals surface area (Å²) < 4.78 is 7.31. The maximum atomic E-state index is 12.5. The molecule has 0 bridgehead atoms. The number of halogens is 1. The number of benzene rings is 3. The topological polar surface area (TPSA) is 77.2 Å². The van der Waals surface area contributed by atoms with Crippen molar-refractivity contribution in [3.8, 4) is 17.2 Å². The second-order valence-corrected chi connectivity index (χ2v) is 7.12. The van der Waals surface area contributed by atoms with E-state index in [9.17, 15) is 9.90 Å². The maximum Gasteiger partial charge on any atom is 0.170 e. The molecule has 0 atom stereocenters. The number of aromatic hydroxyl groups is 1. The predicted octanol–water partition coefficient (Wildman–Crippen LogP) is 4.63. The molecule has 30 heavy (non-hydrogen) atoms. The minimum absolute atomic E-state index is 0.113. The first kappa shape index (κ1) is 19.7. The Balaban J connectivity index is 1.39. The lowest BCUT2D eigenvalue weighted by atomic mass is 10.0. The smallest absolute Gasteiger partial charge is 0.170 e. The van der Waals surface area contributed by atoms with Crippen LogP contribution in [0.15, 0.2) is 79.0 Å². The van der Waals surface area contributed by atoms with Gasteiger partial charge in [0.05, 0.1) is 17.4 Å². The van der Waals surface area contributed by atoms with Crippen molar-refractivity contribution in [3.05, 3.63) is 101 Å². The van der Waals surface area contributed by atoms with Crippen LogP contribution in [0.3, 0.4) is 0 Å². The van der Waals surface area contributed by atoms with Crippen LogP contribution < -0.4 is 4.74 Å². The molecule has 0 saturated heterocycles. The van der Waals surface area contributed by atoms with Crippen LogP contribution in [0.1, 0.15) is 21.6 Å². The van der Waals surface area contributed by atoms with Crippen molar-refractivity contribution in [3.63, 3.8) is 0 Å². The molecule has 0 aliphatic carbocycles. The zero-order valence-corrected chi connectivity index (χ0v) is 16.7. The van der Waals surface area contributed by atoms with Gasteiger partial charge >= 0.3 is 0 Å². The fourth-order valence-electron chi connectivity index (χ4n) is 2.96. The largest absolute Gasteiger partial charge is 0.507 e. The van der Waals surface area contributed by atoms with Gasteiger partial charge in [0.2, 0.25) is 0 Å². The molecule has 4 aromatic rings. The van der Waals surface area contributed by atoms with Crippen LogP contribution in [0.4, 0.5) is 0 Å². The Kier molecular flexibility index (Phi) is 5.77. The zero-order chi connectivity index (χ0) is 20.9. The van der Waals surface area contributed by atoms with Crippen LogP contribution in [0.2, 0.25) is 5.02 Å². The summed E-state index contributed by atoms with van der Waals surface area (Å²) in [4.78, 5) is 12.5. The lowest BCUT2D eigenvalue weighted by molar-refractivity contribution is 0.0990. The molecule has 0 aliphatic rings. The van der Waals surface area contributed by atoms with E-state index in [1.807, 2.05) is 42.5 Å². The van der Waals surface area contributed by atoms with Gasteiger partial charge in [-0.1, -0.05) is 47.1 Å². The van der Waals surface area contributed by atoms with E-state index in [-0.39, 0.29) is 30.1 Å². The number of ketones is 1. The third-order valence-electron chi connectivity index (χ3n) is 4.50. The molecule has 150 valence electrons. The van der Waals surface area contributed by atoms with E-state index in [2.05, 4.69) is 10.3 Å². The molecule has 0 aliphatic heterocycles. The molecule has 0 unspecified atom stereocenters. The molecule has 3 aromatic carbocycles. The Morgan fingerprint density at radius 2 is 1.80 bits per heavy atom. The van der Waals surface area contributed by atoms with Gasteiger partial charge in [0, 0.05) is 17.5 Å². The number of carbonyl (C=O) groups excluding carboxylic acids is 1. The van der Waals surface area contributed by atoms with Crippen LogP contribution in [0.25, 0.3) is 5.69 Å². The molecule has 1 heterocycles. The number of hydrogen-bond donors (Lipinski definition) is 1. The van der Waals surface area contributed by atoms with Crippen molar-refractivity contribution in [2.24, 2.45) is 0 Å². The molecule has 7 heteroatoms. The average Bonchev–Trinajstić information content (AvgIpc) is 3.22. The van der Waals surface area contributed by atoms with Gasteiger partial charge in [-0.15, -0.1) is 5.10 Å². The lowest BCUT2D eigenvalue weighted by Gasteiger charge is -2.08. The van der Waals surface area contributed by atoms with Crippen molar-refractivity contribution in [2.75, 3.05) is 0 Å². The molecule has 0 amide bonds. The second-order valence-electron chi connectivity index (χ2n) is 6.68. The summed E-state index contributed by atoms with van der Waals surface area (Å²) in [5, 5.41) is 19.1. The Morgan fingerprint density at radius 1 is 1.03 bits per heavy atom. The van der Waals surface area contributed by atoms with Gasteiger partial charge in [-0.25, -0.2) is 4.68 Å². The van der Waals surface area contributed by atoms with Crippen molar-refractivity contribution in [1.82, 2.24) is 15.0 Å². The minimum Gasteiger partial charge on any atom is -0.507 e. The van der Waals surface area contributed by atoms with Crippen molar-refractivity contribution in [2.45, 2.75) is 13.0 Å². The molecule has 1 aromatic heterocycles. The molecular weight excluding hydrogens is 402 g/mol. The fourth-order valence-corrected chi connectivity index (χ4v) is 3.08. The highest BCUT2D eigenvalue weighted by molar-refractivity contribution is 6.30. The lowest BCUT2D eigenvalue weighted by Crippen LogP contribution is -2.04. The standard InChI is InChI=1S/C23H18ClN3O3/c24-17-6-8-19(9-7-17)27-14-18(25-26-27)15-30-20-10-11-21(23(29)13-20)22(28)12-16-4-2-1-3-5-16/h1-11,13-14,29H,12,15H2. The Bertz CT molecular complexity index is 1160. The third-order valence-corrected chi connectivity index (χ3v) is 4.75. The molecule has 4 rings (SSSR count). The molecule has 1 N–H and O–H groups in total. The zero-order valence-electron chi connectivity index (χ0n) is 15.9. The summed E-state index contributed by atoms with van der Waals surface area (Å²) in [6, 6.07) is 21.3. The van der Waals surface area contributed by atoms with E-state index >= 15 is 0 Å². The number of hydrogen-bond acceptors (Lipinski definition) is 5. The molecule has 0 radical (unpaired) electrons. The number of aromatic nitrogens is 3. The van der Waals surface area contributed by atoms with Crippen molar-refractivity contribution < 1.29 is 14.6 Å². The number of nitrogens with zero attached hydrogens (tertiary/aromatic N) is 3. The van der Waals surface area contributed by atoms with Gasteiger partial charge in [0.25, 0.3) is 0 Å². The fraction of sp³-hybridized carbons (Fsp3) is 0.0870. The SMILES string of the molecule is O=C(Cc1ccccc1)c1ccc(OCc2cn(-c3ccc(Cl)cc3)nn2)cc1O. The third kappa shape index (κ3) is 4.67. The van der Waals surface area contributed by atoms with E-state index in [0.29, 0.717) is 16.5 Å². The number of phenols is 1. The summed E-state index contributed by atoms with van der Waals surface area (Å²) in [5.74, 6) is 0.166. The van der Waals surface area contributed by atoms with Gasteiger partial charge in [0.15, 0.2) is 5.78 Å². The normalized spacial score (nSPS) is 10.7. The van der Waals surface area contributed by atoms with Gasteiger partial charge in [0.1, 0.15) is 23.8 Å². The highest BCUT2D eigenvalue weighted by atomic mass is 35.5. The molecule has 0 spiro atoms. The number of phenolic OH excluding ortho intramolecular Hbond substituents is 1. The first-order chi connectivity index (χ1) is 14.6. The maximum absolute atomic E-state index is 12.5. The molecule has 6 nitrogen and oxygen atoms in total. The number of Topliss-reactive ketones (excluding diaryl/α,β-unsaturated/α-hetero) is 1. The van der Waals surface area contributed by atoms with Gasteiger partial charge in [-0.05, 0) is 42.0 Å². The number of carbonyl (C=O) groups is 1. The summed E-state index contributed by atoms with van der Waals surface area (Å²) in [7, 11) is 0. The Hall–Kier alpha value is -3.64. The first-order valence-electron chi connectivity index (χ1n) is 9.28. The summed E-state index contributed by atoms with van der Waals surface area (Å²) in [5.41, 5.74) is 2.61. The van der Waals surface area contributed by atoms with Gasteiger partial charge in [-0.3, -0.25) is 4.79 Å². The van der Waals surface area contributed by atoms with Crippen LogP contribution in [-0.2, 0) is 13.0 Å². The van der Waals surface area contributed by atoms with Crippen molar-refractivity contribution >= 4 is 17.4 Å². The molecular formula is C23H18ClN3O3. The Morgan fingerprint density at radius 3 is 2.53 bits per heavy atom. The summed E-state index contributed by atoms with van der Waals surface area (Å²) >= 11 is 5.90. The Labute approximate surface area is 178 Å². The van der Waals surface area contributed by atoms with Gasteiger partial charge in [-0.2, -0.15) is 0 Å². The summed E-state index contributed by atoms with van der Waals surface area (Å²) in [6.45, 7) is 0.171. The van der Waals surface area contributed by atoms with Crippen LogP contribution in [-0.4, -0.2) is 25.9 Å². The van der Waals surface area contributed by atoms with Crippen LogP contribution in [0.5, 0.6) is 11.5 Å². The quantitative estimate of drug-likeness (QED) is 0.442. The highest BCUT2D eigenvalue weighted by Crippen LogP contribution is 2.25. The van der Waals surface area contributed by atoms with E-state index < -0.39 is 0 Å². The second kappa shape index (κ2) is 8.80. The number of rotatable bonds is 7. The van der Waals surface area contributed by atoms with E-state index in [4.69, 9.17) is 16.3 Å². The summed E-state index contributed by atoms with van der Waals surface area (Å²) in [6.07, 6.45) is 1.98. The molecule has 0 fully saturated rings. The monoisotopic (exact) mass is 419 g/mol. The van der Waals surface area contributed by atoms with E-state index in [0.717, 1.165) is 11.3 Å². The van der Waals surface area contributed by atoms with Gasteiger partial charge < -0.3 is 9.84 Å². The van der Waals surface area contributed by atoms with E-state index in [1.54, 1.807) is 35.1 Å². The minimum atomic E-state index is -0.156.